The first-order valence-corrected chi connectivity index (χ1v) is 9.18. The molecule has 0 saturated heterocycles. The quantitative estimate of drug-likeness (QED) is 0.693. The Bertz CT molecular complexity index is 911. The Kier molecular flexibility index (Phi) is 4.50. The molecule has 2 aromatic carbocycles. The van der Waals surface area contributed by atoms with Crippen LogP contribution in [0.1, 0.15) is 30.4 Å². The number of fused-ring (bicyclic) bond motifs is 1. The molecule has 3 nitrogen and oxygen atoms in total. The number of carbonyl (C=O) groups is 1. The Morgan fingerprint density at radius 1 is 1.08 bits per heavy atom. The van der Waals surface area contributed by atoms with Crippen LogP contribution in [0.4, 0.5) is 0 Å². The molecule has 3 aromatic rings. The zero-order valence-corrected chi connectivity index (χ0v) is 14.8. The highest BCUT2D eigenvalue weighted by Crippen LogP contribution is 2.25. The Labute approximate surface area is 152 Å². The molecule has 4 rings (SSSR count). The molecule has 1 fully saturated rings. The summed E-state index contributed by atoms with van der Waals surface area (Å²) in [6.07, 6.45) is 5.72. The van der Waals surface area contributed by atoms with E-state index in [4.69, 9.17) is 11.6 Å². The third-order valence-electron chi connectivity index (χ3n) is 4.73. The van der Waals surface area contributed by atoms with Crippen molar-refractivity contribution in [3.8, 4) is 0 Å². The molecule has 1 N–H and O–H groups in total. The van der Waals surface area contributed by atoms with E-state index in [1.165, 1.54) is 16.5 Å². The molecule has 0 atom stereocenters. The van der Waals surface area contributed by atoms with Crippen molar-refractivity contribution in [3.05, 3.63) is 70.9 Å². The Hall–Kier alpha value is -2.26. The molecule has 0 radical (unpaired) electrons. The van der Waals surface area contributed by atoms with Crippen LogP contribution in [-0.4, -0.2) is 16.5 Å². The number of benzene rings is 2. The highest BCUT2D eigenvalue weighted by Gasteiger charge is 2.23. The van der Waals surface area contributed by atoms with Gasteiger partial charge in [0.05, 0.1) is 0 Å². The number of hydrogen-bond acceptors (Lipinski definition) is 1. The third-order valence-corrected chi connectivity index (χ3v) is 5.10. The maximum Gasteiger partial charge on any atom is 0.220 e. The van der Waals surface area contributed by atoms with Gasteiger partial charge in [-0.1, -0.05) is 48.0 Å². The van der Waals surface area contributed by atoms with Crippen molar-refractivity contribution < 1.29 is 4.79 Å². The van der Waals surface area contributed by atoms with E-state index in [-0.39, 0.29) is 5.91 Å². The average molecular weight is 353 g/mol. The first-order valence-electron chi connectivity index (χ1n) is 8.80. The van der Waals surface area contributed by atoms with Crippen LogP contribution in [0.25, 0.3) is 10.9 Å². The molecular weight excluding hydrogens is 332 g/mol. The molecule has 128 valence electrons. The van der Waals surface area contributed by atoms with Crippen LogP contribution in [0.5, 0.6) is 0 Å². The average Bonchev–Trinajstić information content (AvgIpc) is 3.36. The molecule has 25 heavy (non-hydrogen) atoms. The lowest BCUT2D eigenvalue weighted by atomic mass is 10.1. The van der Waals surface area contributed by atoms with Crippen LogP contribution >= 0.6 is 11.6 Å². The van der Waals surface area contributed by atoms with Crippen molar-refractivity contribution in [1.82, 2.24) is 9.88 Å². The standard InChI is InChI=1S/C21H21ClN2O/c22-19-7-3-1-5-16(19)14-24-13-15(18-6-2-4-8-20(18)24)9-12-21(25)23-17-10-11-17/h1-8,13,17H,9-12,14H2,(H,23,25). The van der Waals surface area contributed by atoms with E-state index in [2.05, 4.69) is 46.4 Å². The van der Waals surface area contributed by atoms with E-state index < -0.39 is 0 Å². The lowest BCUT2D eigenvalue weighted by molar-refractivity contribution is -0.121. The number of rotatable bonds is 6. The maximum absolute atomic E-state index is 12.0. The van der Waals surface area contributed by atoms with Crippen molar-refractivity contribution in [1.29, 1.82) is 0 Å². The minimum Gasteiger partial charge on any atom is -0.353 e. The number of carbonyl (C=O) groups excluding carboxylic acids is 1. The van der Waals surface area contributed by atoms with Gasteiger partial charge in [0.15, 0.2) is 0 Å². The summed E-state index contributed by atoms with van der Waals surface area (Å²) in [5.41, 5.74) is 3.50. The first kappa shape index (κ1) is 16.2. The summed E-state index contributed by atoms with van der Waals surface area (Å²) in [5.74, 6) is 0.158. The number of nitrogens with one attached hydrogen (secondary N) is 1. The topological polar surface area (TPSA) is 34.0 Å². The van der Waals surface area contributed by atoms with Crippen molar-refractivity contribution in [2.45, 2.75) is 38.3 Å². The second kappa shape index (κ2) is 6.93. The molecule has 0 aliphatic heterocycles. The molecule has 1 aromatic heterocycles. The SMILES string of the molecule is O=C(CCc1cn(Cc2ccccc2Cl)c2ccccc12)NC1CC1. The number of halogens is 1. The van der Waals surface area contributed by atoms with Gasteiger partial charge in [-0.25, -0.2) is 0 Å². The van der Waals surface area contributed by atoms with Crippen molar-refractivity contribution in [2.24, 2.45) is 0 Å². The zero-order valence-electron chi connectivity index (χ0n) is 14.0. The second-order valence-electron chi connectivity index (χ2n) is 6.73. The maximum atomic E-state index is 12.0. The first-order chi connectivity index (χ1) is 12.2. The van der Waals surface area contributed by atoms with Gasteiger partial charge in [-0.2, -0.15) is 0 Å². The van der Waals surface area contributed by atoms with Crippen LogP contribution in [-0.2, 0) is 17.8 Å². The van der Waals surface area contributed by atoms with E-state index in [0.29, 0.717) is 12.5 Å². The normalized spacial score (nSPS) is 14.0. The lowest BCUT2D eigenvalue weighted by Gasteiger charge is -2.07. The number of aryl methyl sites for hydroxylation is 1. The van der Waals surface area contributed by atoms with Gasteiger partial charge in [-0.15, -0.1) is 0 Å². The van der Waals surface area contributed by atoms with Crippen LogP contribution in [0, 0.1) is 0 Å². The number of para-hydroxylation sites is 1. The van der Waals surface area contributed by atoms with Gasteiger partial charge in [0, 0.05) is 41.1 Å². The Morgan fingerprint density at radius 2 is 1.84 bits per heavy atom. The summed E-state index contributed by atoms with van der Waals surface area (Å²) in [6, 6.07) is 16.7. The van der Waals surface area contributed by atoms with E-state index in [0.717, 1.165) is 36.4 Å². The summed E-state index contributed by atoms with van der Waals surface area (Å²) in [5, 5.41) is 5.06. The highest BCUT2D eigenvalue weighted by molar-refractivity contribution is 6.31. The van der Waals surface area contributed by atoms with Gasteiger partial charge in [0.2, 0.25) is 5.91 Å². The smallest absolute Gasteiger partial charge is 0.220 e. The van der Waals surface area contributed by atoms with Crippen LogP contribution < -0.4 is 5.32 Å². The van der Waals surface area contributed by atoms with E-state index in [1.807, 2.05) is 18.2 Å². The zero-order chi connectivity index (χ0) is 17.2. The van der Waals surface area contributed by atoms with Gasteiger partial charge >= 0.3 is 0 Å². The molecule has 1 aliphatic rings. The molecule has 4 heteroatoms. The summed E-state index contributed by atoms with van der Waals surface area (Å²) >= 11 is 6.32. The van der Waals surface area contributed by atoms with E-state index in [1.54, 1.807) is 0 Å². The van der Waals surface area contributed by atoms with Crippen LogP contribution in [0.15, 0.2) is 54.7 Å². The molecule has 1 aliphatic carbocycles. The van der Waals surface area contributed by atoms with Crippen molar-refractivity contribution in [2.75, 3.05) is 0 Å². The van der Waals surface area contributed by atoms with Gasteiger partial charge in [-0.3, -0.25) is 4.79 Å². The van der Waals surface area contributed by atoms with Gasteiger partial charge in [-0.05, 0) is 42.5 Å². The van der Waals surface area contributed by atoms with Crippen LogP contribution in [0.3, 0.4) is 0 Å². The van der Waals surface area contributed by atoms with Gasteiger partial charge in [0.1, 0.15) is 0 Å². The van der Waals surface area contributed by atoms with Gasteiger partial charge in [0.25, 0.3) is 0 Å². The van der Waals surface area contributed by atoms with Gasteiger partial charge < -0.3 is 9.88 Å². The monoisotopic (exact) mass is 352 g/mol. The largest absolute Gasteiger partial charge is 0.353 e. The van der Waals surface area contributed by atoms with E-state index >= 15 is 0 Å². The Morgan fingerprint density at radius 3 is 2.64 bits per heavy atom. The molecule has 0 unspecified atom stereocenters. The molecule has 1 amide bonds. The number of aromatic nitrogens is 1. The molecule has 0 bridgehead atoms. The predicted octanol–water partition coefficient (Wildman–Crippen LogP) is 4.55. The lowest BCUT2D eigenvalue weighted by Crippen LogP contribution is -2.25. The highest BCUT2D eigenvalue weighted by atomic mass is 35.5. The summed E-state index contributed by atoms with van der Waals surface area (Å²) in [6.45, 7) is 0.731. The number of amides is 1. The fourth-order valence-electron chi connectivity index (χ4n) is 3.24. The molecule has 1 saturated carbocycles. The second-order valence-corrected chi connectivity index (χ2v) is 7.14. The van der Waals surface area contributed by atoms with Crippen LogP contribution in [0.2, 0.25) is 5.02 Å². The van der Waals surface area contributed by atoms with Crippen molar-refractivity contribution in [3.63, 3.8) is 0 Å². The molecule has 0 spiro atoms. The third kappa shape index (κ3) is 3.72. The fourth-order valence-corrected chi connectivity index (χ4v) is 3.43. The predicted molar refractivity (Wildman–Crippen MR) is 102 cm³/mol. The minimum atomic E-state index is 0.158. The van der Waals surface area contributed by atoms with E-state index in [9.17, 15) is 4.79 Å². The molecular formula is C21H21ClN2O. The fraction of sp³-hybridized carbons (Fsp3) is 0.286. The number of hydrogen-bond donors (Lipinski definition) is 1. The minimum absolute atomic E-state index is 0.158. The van der Waals surface area contributed by atoms with Crippen molar-refractivity contribution >= 4 is 28.4 Å². The summed E-state index contributed by atoms with van der Waals surface area (Å²) < 4.78 is 2.23. The number of nitrogens with zero attached hydrogens (tertiary/aromatic N) is 1. The summed E-state index contributed by atoms with van der Waals surface area (Å²) in [7, 11) is 0. The molecule has 1 heterocycles. The Balaban J connectivity index is 1.57. The summed E-state index contributed by atoms with van der Waals surface area (Å²) in [4.78, 5) is 12.0.